The second-order valence-corrected chi connectivity index (χ2v) is 8.52. The zero-order valence-electron chi connectivity index (χ0n) is 16.4. The van der Waals surface area contributed by atoms with Crippen LogP contribution >= 0.6 is 22.9 Å². The van der Waals surface area contributed by atoms with Crippen molar-refractivity contribution in [2.75, 3.05) is 5.32 Å². The van der Waals surface area contributed by atoms with Crippen molar-refractivity contribution in [3.63, 3.8) is 0 Å². The van der Waals surface area contributed by atoms with Gasteiger partial charge in [0, 0.05) is 15.5 Å². The van der Waals surface area contributed by atoms with Gasteiger partial charge in [-0.15, -0.1) is 11.3 Å². The summed E-state index contributed by atoms with van der Waals surface area (Å²) in [4.78, 5) is 18.1. The van der Waals surface area contributed by atoms with Crippen molar-refractivity contribution in [1.29, 1.82) is 5.26 Å². The quantitative estimate of drug-likeness (QED) is 0.380. The number of hydrogen-bond donors (Lipinski definition) is 1. The highest BCUT2D eigenvalue weighted by atomic mass is 35.5. The van der Waals surface area contributed by atoms with Crippen LogP contribution in [0.5, 0.6) is 0 Å². The van der Waals surface area contributed by atoms with Crippen LogP contribution in [0.3, 0.4) is 0 Å². The minimum Gasteiger partial charge on any atom is -0.297 e. The predicted octanol–water partition coefficient (Wildman–Crippen LogP) is 6.44. The summed E-state index contributed by atoms with van der Waals surface area (Å²) < 4.78 is 0. The number of rotatable bonds is 5. The number of nitriles is 1. The summed E-state index contributed by atoms with van der Waals surface area (Å²) in [6, 6.07) is 17.2. The van der Waals surface area contributed by atoms with E-state index in [1.165, 1.54) is 16.9 Å². The Balaban J connectivity index is 1.78. The number of aryl methyl sites for hydroxylation is 1. The Kier molecular flexibility index (Phi) is 6.48. The average molecular weight is 422 g/mol. The molecule has 0 aliphatic carbocycles. The number of thiazole rings is 1. The van der Waals surface area contributed by atoms with Crippen LogP contribution in [-0.4, -0.2) is 10.9 Å². The van der Waals surface area contributed by atoms with Gasteiger partial charge in [-0.3, -0.25) is 10.1 Å². The molecule has 2 aromatic carbocycles. The van der Waals surface area contributed by atoms with Crippen molar-refractivity contribution in [1.82, 2.24) is 4.98 Å². The summed E-state index contributed by atoms with van der Waals surface area (Å²) in [7, 11) is 0. The van der Waals surface area contributed by atoms with Crippen LogP contribution in [0.2, 0.25) is 5.02 Å². The van der Waals surface area contributed by atoms with Gasteiger partial charge >= 0.3 is 0 Å². The van der Waals surface area contributed by atoms with Crippen LogP contribution in [0, 0.1) is 18.3 Å². The molecule has 1 heterocycles. The predicted molar refractivity (Wildman–Crippen MR) is 120 cm³/mol. The molecule has 1 amide bonds. The summed E-state index contributed by atoms with van der Waals surface area (Å²) in [5.41, 5.74) is 3.75. The fraction of sp³-hybridized carbons (Fsp3) is 0.174. The SMILES string of the molecule is Cc1sc(NC(=O)/C(C#N)=C/c2ccc(C(C)C)cc2)nc1-c1ccc(Cl)cc1. The van der Waals surface area contributed by atoms with E-state index in [1.807, 2.05) is 49.4 Å². The van der Waals surface area contributed by atoms with Gasteiger partial charge in [-0.1, -0.05) is 61.8 Å². The third-order valence-electron chi connectivity index (χ3n) is 4.41. The van der Waals surface area contributed by atoms with E-state index in [0.717, 1.165) is 21.7 Å². The molecule has 4 nitrogen and oxygen atoms in total. The Morgan fingerprint density at radius 2 is 1.83 bits per heavy atom. The molecule has 29 heavy (non-hydrogen) atoms. The van der Waals surface area contributed by atoms with Crippen LogP contribution in [0.25, 0.3) is 17.3 Å². The van der Waals surface area contributed by atoms with Crippen LogP contribution in [0.4, 0.5) is 5.13 Å². The fourth-order valence-corrected chi connectivity index (χ4v) is 3.74. The van der Waals surface area contributed by atoms with Gasteiger partial charge in [-0.25, -0.2) is 4.98 Å². The van der Waals surface area contributed by atoms with Crippen molar-refractivity contribution in [2.45, 2.75) is 26.7 Å². The standard InChI is InChI=1S/C23H20ClN3OS/c1-14(2)17-6-4-16(5-7-17)12-19(13-25)22(28)27-23-26-21(15(3)29-23)18-8-10-20(24)11-9-18/h4-12,14H,1-3H3,(H,26,27,28)/b19-12+. The Hall–Kier alpha value is -2.94. The van der Waals surface area contributed by atoms with Crippen molar-refractivity contribution in [3.8, 4) is 17.3 Å². The molecular weight excluding hydrogens is 402 g/mol. The Morgan fingerprint density at radius 1 is 1.17 bits per heavy atom. The number of hydrogen-bond acceptors (Lipinski definition) is 4. The highest BCUT2D eigenvalue weighted by Gasteiger charge is 2.15. The number of anilines is 1. The lowest BCUT2D eigenvalue weighted by Crippen LogP contribution is -2.13. The number of amides is 1. The first kappa shape index (κ1) is 20.8. The Bertz CT molecular complexity index is 1090. The molecule has 0 aliphatic rings. The molecule has 0 saturated carbocycles. The highest BCUT2D eigenvalue weighted by Crippen LogP contribution is 2.31. The Morgan fingerprint density at radius 3 is 2.41 bits per heavy atom. The summed E-state index contributed by atoms with van der Waals surface area (Å²) in [6.07, 6.45) is 1.58. The maximum atomic E-state index is 12.6. The van der Waals surface area contributed by atoms with Gasteiger partial charge < -0.3 is 0 Å². The second kappa shape index (κ2) is 9.04. The first-order valence-corrected chi connectivity index (χ1v) is 10.3. The molecule has 0 spiro atoms. The van der Waals surface area contributed by atoms with E-state index in [0.29, 0.717) is 16.1 Å². The molecule has 146 valence electrons. The monoisotopic (exact) mass is 421 g/mol. The second-order valence-electron chi connectivity index (χ2n) is 6.88. The van der Waals surface area contributed by atoms with E-state index in [2.05, 4.69) is 24.1 Å². The highest BCUT2D eigenvalue weighted by molar-refractivity contribution is 7.16. The number of halogens is 1. The smallest absolute Gasteiger partial charge is 0.268 e. The number of nitrogens with one attached hydrogen (secondary N) is 1. The molecule has 6 heteroatoms. The van der Waals surface area contributed by atoms with Crippen molar-refractivity contribution < 1.29 is 4.79 Å². The molecule has 0 saturated heterocycles. The summed E-state index contributed by atoms with van der Waals surface area (Å²) in [5.74, 6) is -0.0495. The molecular formula is C23H20ClN3OS. The molecule has 1 aromatic heterocycles. The molecule has 0 radical (unpaired) electrons. The van der Waals surface area contributed by atoms with Gasteiger partial charge in [0.25, 0.3) is 5.91 Å². The number of benzene rings is 2. The van der Waals surface area contributed by atoms with Crippen molar-refractivity contribution in [2.24, 2.45) is 0 Å². The molecule has 0 unspecified atom stereocenters. The van der Waals surface area contributed by atoms with Crippen LogP contribution < -0.4 is 5.32 Å². The average Bonchev–Trinajstić information content (AvgIpc) is 3.06. The molecule has 0 atom stereocenters. The summed E-state index contributed by atoms with van der Waals surface area (Å²) in [6.45, 7) is 6.18. The van der Waals surface area contributed by atoms with E-state index in [-0.39, 0.29) is 5.57 Å². The van der Waals surface area contributed by atoms with Crippen LogP contribution in [-0.2, 0) is 4.79 Å². The van der Waals surface area contributed by atoms with Crippen LogP contribution in [0.1, 0.15) is 35.8 Å². The van der Waals surface area contributed by atoms with E-state index < -0.39 is 5.91 Å². The Labute approximate surface area is 179 Å². The number of carbonyl (C=O) groups is 1. The minimum absolute atomic E-state index is 0.0307. The molecule has 0 fully saturated rings. The lowest BCUT2D eigenvalue weighted by Gasteiger charge is -2.05. The third kappa shape index (κ3) is 5.11. The summed E-state index contributed by atoms with van der Waals surface area (Å²) in [5, 5.41) is 13.3. The molecule has 3 aromatic rings. The molecule has 0 aliphatic heterocycles. The number of carbonyl (C=O) groups excluding carboxylic acids is 1. The third-order valence-corrected chi connectivity index (χ3v) is 5.55. The first-order chi connectivity index (χ1) is 13.9. The van der Waals surface area contributed by atoms with E-state index >= 15 is 0 Å². The number of aromatic nitrogens is 1. The summed E-state index contributed by atoms with van der Waals surface area (Å²) >= 11 is 7.31. The fourth-order valence-electron chi connectivity index (χ4n) is 2.78. The molecule has 0 bridgehead atoms. The maximum absolute atomic E-state index is 12.6. The van der Waals surface area contributed by atoms with Gasteiger partial charge in [0.15, 0.2) is 5.13 Å². The van der Waals surface area contributed by atoms with Gasteiger partial charge in [0.05, 0.1) is 5.69 Å². The zero-order valence-corrected chi connectivity index (χ0v) is 17.9. The normalized spacial score (nSPS) is 11.4. The van der Waals surface area contributed by atoms with Gasteiger partial charge in [0.1, 0.15) is 11.6 Å². The largest absolute Gasteiger partial charge is 0.297 e. The topological polar surface area (TPSA) is 65.8 Å². The van der Waals surface area contributed by atoms with E-state index in [1.54, 1.807) is 18.2 Å². The first-order valence-electron chi connectivity index (χ1n) is 9.14. The molecule has 3 rings (SSSR count). The lowest BCUT2D eigenvalue weighted by molar-refractivity contribution is -0.112. The van der Waals surface area contributed by atoms with Crippen molar-refractivity contribution >= 4 is 40.1 Å². The molecule has 1 N–H and O–H groups in total. The lowest BCUT2D eigenvalue weighted by atomic mass is 10.0. The van der Waals surface area contributed by atoms with Gasteiger partial charge in [0.2, 0.25) is 0 Å². The van der Waals surface area contributed by atoms with E-state index in [9.17, 15) is 10.1 Å². The zero-order chi connectivity index (χ0) is 21.0. The maximum Gasteiger partial charge on any atom is 0.268 e. The minimum atomic E-state index is -0.475. The van der Waals surface area contributed by atoms with Crippen molar-refractivity contribution in [3.05, 3.63) is 75.1 Å². The van der Waals surface area contributed by atoms with E-state index in [4.69, 9.17) is 11.6 Å². The van der Waals surface area contributed by atoms with Crippen LogP contribution in [0.15, 0.2) is 54.1 Å². The number of nitrogens with zero attached hydrogens (tertiary/aromatic N) is 2. The van der Waals surface area contributed by atoms with Gasteiger partial charge in [-0.2, -0.15) is 5.26 Å². The van der Waals surface area contributed by atoms with Gasteiger partial charge in [-0.05, 0) is 42.2 Å².